The average molecular weight is 490 g/mol. The predicted molar refractivity (Wildman–Crippen MR) is 125 cm³/mol. The van der Waals surface area contributed by atoms with Crippen LogP contribution in [0.25, 0.3) is 0 Å². The number of rotatable bonds is 6. The maximum Gasteiger partial charge on any atom is 0.343 e. The standard InChI is InChI=1S/C22H24BrN3O3S/c1-28-19-10-7-15(8-11-19)21(27)29-20-12-9-17(23)13-16(20)14-24-26-22(30)25-18-5-3-2-4-6-18/h7-14,18H,2-6H2,1H3,(H2,25,26,30)/b24-14+. The molecule has 0 bridgehead atoms. The van der Waals surface area contributed by atoms with Crippen molar-refractivity contribution in [3.8, 4) is 11.5 Å². The first kappa shape index (κ1) is 22.2. The minimum atomic E-state index is -0.461. The molecule has 0 atom stereocenters. The van der Waals surface area contributed by atoms with Crippen molar-refractivity contribution in [2.24, 2.45) is 5.10 Å². The SMILES string of the molecule is COc1ccc(C(=O)Oc2ccc(Br)cc2/C=N/NC(=S)NC2CCCCC2)cc1. The highest BCUT2D eigenvalue weighted by atomic mass is 79.9. The molecule has 6 nitrogen and oxygen atoms in total. The van der Waals surface area contributed by atoms with E-state index in [1.165, 1.54) is 19.3 Å². The topological polar surface area (TPSA) is 72.0 Å². The monoisotopic (exact) mass is 489 g/mol. The number of carbonyl (C=O) groups is 1. The minimum absolute atomic E-state index is 0.399. The van der Waals surface area contributed by atoms with Crippen LogP contribution in [0.5, 0.6) is 11.5 Å². The molecule has 0 aliphatic heterocycles. The number of halogens is 1. The Labute approximate surface area is 190 Å². The van der Waals surface area contributed by atoms with Gasteiger partial charge in [-0.25, -0.2) is 4.79 Å². The summed E-state index contributed by atoms with van der Waals surface area (Å²) in [5.74, 6) is 0.611. The van der Waals surface area contributed by atoms with Crippen molar-refractivity contribution in [3.05, 3.63) is 58.1 Å². The Bertz CT molecular complexity index is 912. The molecule has 0 heterocycles. The summed E-state index contributed by atoms with van der Waals surface area (Å²) < 4.78 is 11.5. The van der Waals surface area contributed by atoms with Crippen LogP contribution in [0.4, 0.5) is 0 Å². The molecular formula is C22H24BrN3O3S. The van der Waals surface area contributed by atoms with Gasteiger partial charge in [0.2, 0.25) is 0 Å². The predicted octanol–water partition coefficient (Wildman–Crippen LogP) is 4.81. The molecule has 1 saturated carbocycles. The Hall–Kier alpha value is -2.45. The number of nitrogens with one attached hydrogen (secondary N) is 2. The summed E-state index contributed by atoms with van der Waals surface area (Å²) in [5, 5.41) is 7.99. The fraction of sp³-hybridized carbons (Fsp3) is 0.318. The summed E-state index contributed by atoms with van der Waals surface area (Å²) in [4.78, 5) is 12.5. The van der Waals surface area contributed by atoms with E-state index in [0.717, 1.165) is 17.3 Å². The van der Waals surface area contributed by atoms with Crippen LogP contribution in [-0.2, 0) is 0 Å². The maximum absolute atomic E-state index is 12.5. The van der Waals surface area contributed by atoms with Gasteiger partial charge in [0.15, 0.2) is 5.11 Å². The molecule has 0 aromatic heterocycles. The van der Waals surface area contributed by atoms with E-state index in [1.54, 1.807) is 49.7 Å². The van der Waals surface area contributed by atoms with Crippen molar-refractivity contribution in [1.82, 2.24) is 10.7 Å². The van der Waals surface area contributed by atoms with Gasteiger partial charge in [-0.1, -0.05) is 35.2 Å². The minimum Gasteiger partial charge on any atom is -0.497 e. The lowest BCUT2D eigenvalue weighted by Gasteiger charge is -2.23. The summed E-state index contributed by atoms with van der Waals surface area (Å²) in [6.45, 7) is 0. The van der Waals surface area contributed by atoms with Gasteiger partial charge in [-0.15, -0.1) is 0 Å². The summed E-state index contributed by atoms with van der Waals surface area (Å²) >= 11 is 8.76. The van der Waals surface area contributed by atoms with Crippen LogP contribution >= 0.6 is 28.1 Å². The van der Waals surface area contributed by atoms with Crippen LogP contribution in [0.2, 0.25) is 0 Å². The summed E-state index contributed by atoms with van der Waals surface area (Å²) in [5.41, 5.74) is 3.91. The zero-order valence-corrected chi connectivity index (χ0v) is 19.1. The fourth-order valence-electron chi connectivity index (χ4n) is 3.22. The molecule has 30 heavy (non-hydrogen) atoms. The number of thiocarbonyl (C=S) groups is 1. The normalized spacial score (nSPS) is 14.3. The van der Waals surface area contributed by atoms with Gasteiger partial charge in [0.05, 0.1) is 18.9 Å². The molecule has 1 aliphatic rings. The Morgan fingerprint density at radius 1 is 1.17 bits per heavy atom. The first-order valence-corrected chi connectivity index (χ1v) is 11.0. The molecule has 158 valence electrons. The highest BCUT2D eigenvalue weighted by molar-refractivity contribution is 9.10. The van der Waals surface area contributed by atoms with Gasteiger partial charge in [0, 0.05) is 16.1 Å². The second-order valence-electron chi connectivity index (χ2n) is 6.98. The van der Waals surface area contributed by atoms with Gasteiger partial charge in [-0.05, 0) is 67.5 Å². The third kappa shape index (κ3) is 6.53. The number of ether oxygens (including phenoxy) is 2. The number of hydrogen-bond donors (Lipinski definition) is 2. The number of methoxy groups -OCH3 is 1. The summed E-state index contributed by atoms with van der Waals surface area (Å²) in [6.07, 6.45) is 7.58. The molecule has 3 rings (SSSR count). The lowest BCUT2D eigenvalue weighted by atomic mass is 9.96. The molecule has 1 fully saturated rings. The Kier molecular flexibility index (Phi) is 8.21. The second-order valence-corrected chi connectivity index (χ2v) is 8.30. The molecule has 0 spiro atoms. The Balaban J connectivity index is 1.63. The Morgan fingerprint density at radius 3 is 2.60 bits per heavy atom. The number of hydrazone groups is 1. The van der Waals surface area contributed by atoms with E-state index in [4.69, 9.17) is 21.7 Å². The molecule has 0 radical (unpaired) electrons. The fourth-order valence-corrected chi connectivity index (χ4v) is 3.82. The van der Waals surface area contributed by atoms with Crippen molar-refractivity contribution >= 4 is 45.4 Å². The van der Waals surface area contributed by atoms with Gasteiger partial charge in [-0.2, -0.15) is 5.10 Å². The van der Waals surface area contributed by atoms with E-state index < -0.39 is 5.97 Å². The van der Waals surface area contributed by atoms with Crippen LogP contribution in [0.1, 0.15) is 48.0 Å². The number of carbonyl (C=O) groups excluding carboxylic acids is 1. The van der Waals surface area contributed by atoms with E-state index in [2.05, 4.69) is 31.8 Å². The lowest BCUT2D eigenvalue weighted by molar-refractivity contribution is 0.0734. The molecule has 0 amide bonds. The molecule has 2 aromatic carbocycles. The van der Waals surface area contributed by atoms with Gasteiger partial charge in [0.1, 0.15) is 11.5 Å². The van der Waals surface area contributed by atoms with Crippen LogP contribution in [0, 0.1) is 0 Å². The van der Waals surface area contributed by atoms with E-state index in [9.17, 15) is 4.79 Å². The second kappa shape index (κ2) is 11.1. The number of nitrogens with zero attached hydrogens (tertiary/aromatic N) is 1. The molecule has 0 saturated heterocycles. The third-order valence-corrected chi connectivity index (χ3v) is 5.51. The zero-order chi connectivity index (χ0) is 21.3. The molecule has 0 unspecified atom stereocenters. The smallest absolute Gasteiger partial charge is 0.343 e. The van der Waals surface area contributed by atoms with E-state index >= 15 is 0 Å². The quantitative estimate of drug-likeness (QED) is 0.199. The van der Waals surface area contributed by atoms with E-state index in [-0.39, 0.29) is 0 Å². The van der Waals surface area contributed by atoms with Crippen molar-refractivity contribution in [2.45, 2.75) is 38.1 Å². The largest absolute Gasteiger partial charge is 0.497 e. The molecule has 2 N–H and O–H groups in total. The highest BCUT2D eigenvalue weighted by Gasteiger charge is 2.14. The Morgan fingerprint density at radius 2 is 1.90 bits per heavy atom. The first-order valence-electron chi connectivity index (χ1n) is 9.80. The third-order valence-electron chi connectivity index (χ3n) is 4.81. The maximum atomic E-state index is 12.5. The molecule has 2 aromatic rings. The van der Waals surface area contributed by atoms with Gasteiger partial charge in [-0.3, -0.25) is 5.43 Å². The molecule has 8 heteroatoms. The molecule has 1 aliphatic carbocycles. The average Bonchev–Trinajstić information content (AvgIpc) is 2.76. The zero-order valence-electron chi connectivity index (χ0n) is 16.7. The van der Waals surface area contributed by atoms with Crippen molar-refractivity contribution in [1.29, 1.82) is 0 Å². The number of benzene rings is 2. The number of esters is 1. The van der Waals surface area contributed by atoms with Crippen molar-refractivity contribution in [2.75, 3.05) is 7.11 Å². The lowest BCUT2D eigenvalue weighted by Crippen LogP contribution is -2.40. The summed E-state index contributed by atoms with van der Waals surface area (Å²) in [7, 11) is 1.57. The molecular weight excluding hydrogens is 466 g/mol. The highest BCUT2D eigenvalue weighted by Crippen LogP contribution is 2.23. The van der Waals surface area contributed by atoms with E-state index in [0.29, 0.717) is 33.8 Å². The van der Waals surface area contributed by atoms with Crippen LogP contribution < -0.4 is 20.2 Å². The van der Waals surface area contributed by atoms with Gasteiger partial charge in [0.25, 0.3) is 0 Å². The van der Waals surface area contributed by atoms with Crippen LogP contribution in [0.3, 0.4) is 0 Å². The summed E-state index contributed by atoms with van der Waals surface area (Å²) in [6, 6.07) is 12.5. The first-order chi connectivity index (χ1) is 14.5. The van der Waals surface area contributed by atoms with E-state index in [1.807, 2.05) is 6.07 Å². The van der Waals surface area contributed by atoms with Gasteiger partial charge < -0.3 is 14.8 Å². The van der Waals surface area contributed by atoms with Crippen molar-refractivity contribution < 1.29 is 14.3 Å². The van der Waals surface area contributed by atoms with Gasteiger partial charge >= 0.3 is 5.97 Å². The number of hydrogen-bond acceptors (Lipinski definition) is 5. The van der Waals surface area contributed by atoms with Crippen LogP contribution in [-0.4, -0.2) is 30.4 Å². The van der Waals surface area contributed by atoms with Crippen LogP contribution in [0.15, 0.2) is 52.0 Å². The van der Waals surface area contributed by atoms with Crippen molar-refractivity contribution in [3.63, 3.8) is 0 Å².